The highest BCUT2D eigenvalue weighted by molar-refractivity contribution is 8.00. The lowest BCUT2D eigenvalue weighted by Crippen LogP contribution is -2.13. The molecule has 0 spiro atoms. The number of thiophene rings is 1. The van der Waals surface area contributed by atoms with Crippen LogP contribution in [0.1, 0.15) is 17.3 Å². The van der Waals surface area contributed by atoms with Gasteiger partial charge in [0.2, 0.25) is 0 Å². The normalized spacial score (nSPS) is 12.8. The first-order valence-electron chi connectivity index (χ1n) is 3.74. The SMILES string of the molecule is CSc1ccc(C(N)CC(=O)O)s1. The Bertz CT molecular complexity index is 298. The third kappa shape index (κ3) is 3.02. The molecule has 3 nitrogen and oxygen atoms in total. The first-order chi connectivity index (χ1) is 6.13. The molecule has 0 aliphatic heterocycles. The molecule has 0 saturated carbocycles. The van der Waals surface area contributed by atoms with Gasteiger partial charge in [0.15, 0.2) is 0 Å². The van der Waals surface area contributed by atoms with Crippen LogP contribution in [0.2, 0.25) is 0 Å². The zero-order valence-corrected chi connectivity index (χ0v) is 8.82. The number of thioether (sulfide) groups is 1. The highest BCUT2D eigenvalue weighted by atomic mass is 32.2. The van der Waals surface area contributed by atoms with Gasteiger partial charge < -0.3 is 10.8 Å². The standard InChI is InChI=1S/C8H11NO2S2/c1-12-8-3-2-6(13-8)5(9)4-7(10)11/h2-3,5H,4,9H2,1H3,(H,10,11). The van der Waals surface area contributed by atoms with Gasteiger partial charge in [0.05, 0.1) is 10.6 Å². The van der Waals surface area contributed by atoms with Gasteiger partial charge in [-0.1, -0.05) is 0 Å². The van der Waals surface area contributed by atoms with Gasteiger partial charge in [-0.15, -0.1) is 23.1 Å². The Hall–Kier alpha value is -0.520. The second-order valence-electron chi connectivity index (χ2n) is 2.57. The maximum absolute atomic E-state index is 10.4. The molecule has 1 aromatic rings. The van der Waals surface area contributed by atoms with Gasteiger partial charge in [0.1, 0.15) is 0 Å². The van der Waals surface area contributed by atoms with Crippen LogP contribution in [-0.4, -0.2) is 17.3 Å². The molecule has 13 heavy (non-hydrogen) atoms. The van der Waals surface area contributed by atoms with E-state index >= 15 is 0 Å². The number of nitrogens with two attached hydrogens (primary N) is 1. The minimum atomic E-state index is -0.855. The Morgan fingerprint density at radius 2 is 2.46 bits per heavy atom. The van der Waals surface area contributed by atoms with E-state index in [1.807, 2.05) is 18.4 Å². The molecule has 5 heteroatoms. The molecule has 1 unspecified atom stereocenters. The van der Waals surface area contributed by atoms with Gasteiger partial charge in [-0.05, 0) is 18.4 Å². The predicted molar refractivity (Wildman–Crippen MR) is 55.3 cm³/mol. The lowest BCUT2D eigenvalue weighted by molar-refractivity contribution is -0.137. The van der Waals surface area contributed by atoms with Crippen molar-refractivity contribution >= 4 is 29.1 Å². The van der Waals surface area contributed by atoms with Gasteiger partial charge in [-0.2, -0.15) is 0 Å². The summed E-state index contributed by atoms with van der Waals surface area (Å²) in [5.74, 6) is -0.855. The predicted octanol–water partition coefficient (Wildman–Crippen LogP) is 1.94. The Kier molecular flexibility index (Phi) is 3.77. The molecule has 1 atom stereocenters. The first-order valence-corrected chi connectivity index (χ1v) is 5.78. The summed E-state index contributed by atoms with van der Waals surface area (Å²) in [4.78, 5) is 11.3. The van der Waals surface area contributed by atoms with Crippen molar-refractivity contribution in [1.82, 2.24) is 0 Å². The van der Waals surface area contributed by atoms with Crippen molar-refractivity contribution in [3.63, 3.8) is 0 Å². The molecule has 0 saturated heterocycles. The van der Waals surface area contributed by atoms with Crippen LogP contribution < -0.4 is 5.73 Å². The molecular weight excluding hydrogens is 206 g/mol. The number of carboxylic acid groups (broad SMARTS) is 1. The third-order valence-electron chi connectivity index (χ3n) is 1.56. The van der Waals surface area contributed by atoms with E-state index in [9.17, 15) is 4.79 Å². The van der Waals surface area contributed by atoms with Crippen molar-refractivity contribution in [2.24, 2.45) is 5.73 Å². The molecule has 72 valence electrons. The number of carbonyl (C=O) groups is 1. The van der Waals surface area contributed by atoms with Crippen LogP contribution >= 0.6 is 23.1 Å². The maximum Gasteiger partial charge on any atom is 0.305 e. The smallest absolute Gasteiger partial charge is 0.305 e. The molecule has 0 amide bonds. The fraction of sp³-hybridized carbons (Fsp3) is 0.375. The number of carboxylic acids is 1. The van der Waals surface area contributed by atoms with E-state index in [0.717, 1.165) is 9.09 Å². The highest BCUT2D eigenvalue weighted by Crippen LogP contribution is 2.29. The third-order valence-corrected chi connectivity index (χ3v) is 3.86. The largest absolute Gasteiger partial charge is 0.481 e. The molecule has 0 bridgehead atoms. The van der Waals surface area contributed by atoms with Gasteiger partial charge >= 0.3 is 5.97 Å². The second-order valence-corrected chi connectivity index (χ2v) is 4.79. The Labute approximate surface area is 85.0 Å². The molecule has 0 radical (unpaired) electrons. The Morgan fingerprint density at radius 3 is 2.92 bits per heavy atom. The minimum Gasteiger partial charge on any atom is -0.481 e. The van der Waals surface area contributed by atoms with Crippen molar-refractivity contribution in [2.45, 2.75) is 16.7 Å². The van der Waals surface area contributed by atoms with Crippen molar-refractivity contribution in [2.75, 3.05) is 6.26 Å². The van der Waals surface area contributed by atoms with Crippen LogP contribution in [0.5, 0.6) is 0 Å². The number of aliphatic carboxylic acids is 1. The van der Waals surface area contributed by atoms with Crippen LogP contribution in [0.25, 0.3) is 0 Å². The molecule has 0 aromatic carbocycles. The maximum atomic E-state index is 10.4. The van der Waals surface area contributed by atoms with Crippen LogP contribution in [-0.2, 0) is 4.79 Å². The summed E-state index contributed by atoms with van der Waals surface area (Å²) in [6, 6.07) is 3.49. The lowest BCUT2D eigenvalue weighted by Gasteiger charge is -2.04. The monoisotopic (exact) mass is 217 g/mol. The molecule has 1 heterocycles. The summed E-state index contributed by atoms with van der Waals surface area (Å²) in [6.07, 6.45) is 1.98. The summed E-state index contributed by atoms with van der Waals surface area (Å²) in [7, 11) is 0. The number of hydrogen-bond donors (Lipinski definition) is 2. The Balaban J connectivity index is 2.65. The van der Waals surface area contributed by atoms with E-state index in [2.05, 4.69) is 0 Å². The molecule has 0 aliphatic rings. The summed E-state index contributed by atoms with van der Waals surface area (Å²) in [5, 5.41) is 8.53. The van der Waals surface area contributed by atoms with E-state index in [1.54, 1.807) is 23.1 Å². The number of rotatable bonds is 4. The summed E-state index contributed by atoms with van der Waals surface area (Å²) >= 11 is 3.20. The summed E-state index contributed by atoms with van der Waals surface area (Å²) in [6.45, 7) is 0. The fourth-order valence-corrected chi connectivity index (χ4v) is 2.50. The molecule has 1 aromatic heterocycles. The molecule has 0 aliphatic carbocycles. The van der Waals surface area contributed by atoms with Gasteiger partial charge in [-0.25, -0.2) is 0 Å². The van der Waals surface area contributed by atoms with E-state index in [1.165, 1.54) is 0 Å². The topological polar surface area (TPSA) is 63.3 Å². The molecule has 1 rings (SSSR count). The molecule has 3 N–H and O–H groups in total. The van der Waals surface area contributed by atoms with Crippen LogP contribution in [0.3, 0.4) is 0 Å². The Morgan fingerprint density at radius 1 is 1.77 bits per heavy atom. The average molecular weight is 217 g/mol. The number of hydrogen-bond acceptors (Lipinski definition) is 4. The van der Waals surface area contributed by atoms with Crippen molar-refractivity contribution in [3.05, 3.63) is 17.0 Å². The highest BCUT2D eigenvalue weighted by Gasteiger charge is 2.12. The fourth-order valence-electron chi connectivity index (χ4n) is 0.932. The van der Waals surface area contributed by atoms with Crippen LogP contribution in [0.15, 0.2) is 16.3 Å². The van der Waals surface area contributed by atoms with E-state index in [-0.39, 0.29) is 12.5 Å². The second kappa shape index (κ2) is 4.64. The van der Waals surface area contributed by atoms with Crippen molar-refractivity contribution < 1.29 is 9.90 Å². The first kappa shape index (κ1) is 10.6. The zero-order valence-electron chi connectivity index (χ0n) is 7.19. The molecule has 0 fully saturated rings. The summed E-state index contributed by atoms with van der Waals surface area (Å²) < 4.78 is 1.16. The lowest BCUT2D eigenvalue weighted by atomic mass is 10.2. The van der Waals surface area contributed by atoms with E-state index in [0.29, 0.717) is 0 Å². The minimum absolute atomic E-state index is 0.00562. The van der Waals surface area contributed by atoms with Gasteiger partial charge in [-0.3, -0.25) is 4.79 Å². The van der Waals surface area contributed by atoms with E-state index < -0.39 is 5.97 Å². The van der Waals surface area contributed by atoms with Gasteiger partial charge in [0, 0.05) is 10.9 Å². The average Bonchev–Trinajstić information content (AvgIpc) is 2.50. The zero-order chi connectivity index (χ0) is 9.84. The molecular formula is C8H11NO2S2. The quantitative estimate of drug-likeness (QED) is 0.757. The van der Waals surface area contributed by atoms with Crippen LogP contribution in [0, 0.1) is 0 Å². The summed E-state index contributed by atoms with van der Waals surface area (Å²) in [5.41, 5.74) is 5.68. The van der Waals surface area contributed by atoms with Crippen molar-refractivity contribution in [3.8, 4) is 0 Å². The van der Waals surface area contributed by atoms with Crippen molar-refractivity contribution in [1.29, 1.82) is 0 Å². The van der Waals surface area contributed by atoms with E-state index in [4.69, 9.17) is 10.8 Å². The van der Waals surface area contributed by atoms with Crippen LogP contribution in [0.4, 0.5) is 0 Å². The van der Waals surface area contributed by atoms with Gasteiger partial charge in [0.25, 0.3) is 0 Å².